The molecule has 0 radical (unpaired) electrons. The third-order valence-corrected chi connectivity index (χ3v) is 6.68. The molecule has 1 N–H and O–H groups in total. The fourth-order valence-electron chi connectivity index (χ4n) is 4.55. The minimum Gasteiger partial charge on any atom is -0.403 e. The van der Waals surface area contributed by atoms with Gasteiger partial charge < -0.3 is 13.9 Å². The van der Waals surface area contributed by atoms with Crippen LogP contribution in [-0.2, 0) is 18.9 Å². The number of hydrogen-bond donors (Lipinski definition) is 1. The molecule has 12 nitrogen and oxygen atoms in total. The maximum Gasteiger partial charge on any atom is 0.332 e. The van der Waals surface area contributed by atoms with E-state index in [1.807, 2.05) is 4.90 Å². The standard InChI is InChI=1S/C23H25FN8O4/c1-12-6-5-9-31(12)16-8-7-14(10-15(16)24)20-27-28-22(36-20)26-19(33)13(2)32-11-25-18-17(32)21(34)30(4)23(35)29(18)3/h7-8,10-13H,5-6,9H2,1-4H3,(H,26,28,33)/t12-,13-/m0/s1. The topological polar surface area (TPSA) is 133 Å². The Kier molecular flexibility index (Phi) is 5.69. The first-order valence-electron chi connectivity index (χ1n) is 11.5. The van der Waals surface area contributed by atoms with Gasteiger partial charge in [0.25, 0.3) is 11.5 Å². The molecule has 0 spiro atoms. The van der Waals surface area contributed by atoms with Crippen LogP contribution in [0.1, 0.15) is 32.7 Å². The van der Waals surface area contributed by atoms with Crippen LogP contribution in [0.4, 0.5) is 16.1 Å². The highest BCUT2D eigenvalue weighted by molar-refractivity contribution is 5.92. The summed E-state index contributed by atoms with van der Waals surface area (Å²) in [6, 6.07) is 3.92. The largest absolute Gasteiger partial charge is 0.403 e. The summed E-state index contributed by atoms with van der Waals surface area (Å²) in [5.41, 5.74) is 0.0933. The molecule has 1 aliphatic heterocycles. The summed E-state index contributed by atoms with van der Waals surface area (Å²) >= 11 is 0. The van der Waals surface area contributed by atoms with Gasteiger partial charge in [-0.2, -0.15) is 0 Å². The van der Waals surface area contributed by atoms with Crippen LogP contribution in [0.3, 0.4) is 0 Å². The van der Waals surface area contributed by atoms with E-state index in [9.17, 15) is 18.8 Å². The highest BCUT2D eigenvalue weighted by atomic mass is 19.1. The predicted molar refractivity (Wildman–Crippen MR) is 129 cm³/mol. The number of fused-ring (bicyclic) bond motifs is 1. The molecule has 1 amide bonds. The summed E-state index contributed by atoms with van der Waals surface area (Å²) in [5, 5.41) is 10.3. The van der Waals surface area contributed by atoms with Crippen molar-refractivity contribution in [2.75, 3.05) is 16.8 Å². The smallest absolute Gasteiger partial charge is 0.332 e. The number of nitrogens with one attached hydrogen (secondary N) is 1. The molecule has 2 atom stereocenters. The van der Waals surface area contributed by atoms with E-state index in [0.717, 1.165) is 24.0 Å². The molecule has 13 heteroatoms. The van der Waals surface area contributed by atoms with Crippen LogP contribution in [0, 0.1) is 5.82 Å². The van der Waals surface area contributed by atoms with Gasteiger partial charge in [0, 0.05) is 32.2 Å². The van der Waals surface area contributed by atoms with Gasteiger partial charge in [0.2, 0.25) is 5.89 Å². The van der Waals surface area contributed by atoms with Crippen molar-refractivity contribution in [3.05, 3.63) is 51.2 Å². The molecule has 0 bridgehead atoms. The average Bonchev–Trinajstić information content (AvgIpc) is 3.61. The molecule has 5 rings (SSSR count). The van der Waals surface area contributed by atoms with E-state index in [4.69, 9.17) is 4.42 Å². The fourth-order valence-corrected chi connectivity index (χ4v) is 4.55. The van der Waals surface area contributed by atoms with E-state index >= 15 is 0 Å². The van der Waals surface area contributed by atoms with Crippen molar-refractivity contribution >= 4 is 28.8 Å². The van der Waals surface area contributed by atoms with Gasteiger partial charge in [0.1, 0.15) is 11.9 Å². The molecule has 1 saturated heterocycles. The number of aryl methyl sites for hydroxylation is 1. The number of benzene rings is 1. The summed E-state index contributed by atoms with van der Waals surface area (Å²) in [5.74, 6) is -0.888. The second-order valence-corrected chi connectivity index (χ2v) is 8.96. The Balaban J connectivity index is 1.36. The first kappa shape index (κ1) is 23.5. The lowest BCUT2D eigenvalue weighted by Gasteiger charge is -2.24. The third kappa shape index (κ3) is 3.76. The minimum absolute atomic E-state index is 0.0508. The van der Waals surface area contributed by atoms with Crippen LogP contribution in [0.25, 0.3) is 22.6 Å². The second-order valence-electron chi connectivity index (χ2n) is 8.96. The monoisotopic (exact) mass is 496 g/mol. The van der Waals surface area contributed by atoms with Crippen LogP contribution in [0.15, 0.2) is 38.5 Å². The van der Waals surface area contributed by atoms with Gasteiger partial charge in [0.05, 0.1) is 12.0 Å². The quantitative estimate of drug-likeness (QED) is 0.442. The molecule has 0 saturated carbocycles. The Bertz CT molecular complexity index is 1600. The zero-order chi connectivity index (χ0) is 25.7. The lowest BCUT2D eigenvalue weighted by molar-refractivity contribution is -0.118. The summed E-state index contributed by atoms with van der Waals surface area (Å²) in [4.78, 5) is 43.9. The number of rotatable bonds is 5. The Morgan fingerprint density at radius 3 is 2.69 bits per heavy atom. The van der Waals surface area contributed by atoms with Crippen LogP contribution in [-0.4, -0.2) is 47.4 Å². The lowest BCUT2D eigenvalue weighted by atomic mass is 10.1. The van der Waals surface area contributed by atoms with Gasteiger partial charge in [-0.3, -0.25) is 24.0 Å². The van der Waals surface area contributed by atoms with E-state index in [-0.39, 0.29) is 34.9 Å². The predicted octanol–water partition coefficient (Wildman–Crippen LogP) is 1.81. The van der Waals surface area contributed by atoms with E-state index in [2.05, 4.69) is 27.4 Å². The van der Waals surface area contributed by atoms with E-state index in [1.54, 1.807) is 19.1 Å². The molecule has 4 heterocycles. The van der Waals surface area contributed by atoms with Crippen LogP contribution in [0.5, 0.6) is 0 Å². The Labute approximate surface area is 204 Å². The maximum absolute atomic E-state index is 14.8. The van der Waals surface area contributed by atoms with E-state index in [0.29, 0.717) is 11.3 Å². The normalized spacial score (nSPS) is 16.6. The first-order chi connectivity index (χ1) is 17.2. The van der Waals surface area contributed by atoms with Crippen LogP contribution in [0.2, 0.25) is 0 Å². The number of hydrogen-bond acceptors (Lipinski definition) is 8. The number of carbonyl (C=O) groups is 1. The fraction of sp³-hybridized carbons (Fsp3) is 0.391. The Morgan fingerprint density at radius 1 is 1.22 bits per heavy atom. The maximum atomic E-state index is 14.8. The summed E-state index contributed by atoms with van der Waals surface area (Å²) in [7, 11) is 2.85. The van der Waals surface area contributed by atoms with E-state index in [1.165, 1.54) is 35.6 Å². The van der Waals surface area contributed by atoms with Gasteiger partial charge in [-0.15, -0.1) is 5.10 Å². The summed E-state index contributed by atoms with van der Waals surface area (Å²) < 4.78 is 23.9. The molecule has 4 aromatic rings. The van der Waals surface area contributed by atoms with Crippen molar-refractivity contribution in [1.82, 2.24) is 28.9 Å². The highest BCUT2D eigenvalue weighted by Crippen LogP contribution is 2.31. The number of halogens is 1. The van der Waals surface area contributed by atoms with Gasteiger partial charge in [0.15, 0.2) is 11.2 Å². The van der Waals surface area contributed by atoms with Gasteiger partial charge >= 0.3 is 11.7 Å². The molecule has 1 fully saturated rings. The molecule has 0 unspecified atom stereocenters. The lowest BCUT2D eigenvalue weighted by Crippen LogP contribution is -2.38. The second kappa shape index (κ2) is 8.73. The number of anilines is 2. The zero-order valence-corrected chi connectivity index (χ0v) is 20.2. The van der Waals surface area contributed by atoms with Crippen molar-refractivity contribution in [2.45, 2.75) is 38.8 Å². The van der Waals surface area contributed by atoms with Crippen molar-refractivity contribution in [2.24, 2.45) is 14.1 Å². The van der Waals surface area contributed by atoms with Crippen molar-refractivity contribution in [1.29, 1.82) is 0 Å². The van der Waals surface area contributed by atoms with Gasteiger partial charge in [-0.1, -0.05) is 5.10 Å². The van der Waals surface area contributed by atoms with E-state index < -0.39 is 23.2 Å². The number of amides is 1. The number of aromatic nitrogens is 6. The van der Waals surface area contributed by atoms with Gasteiger partial charge in [-0.25, -0.2) is 14.2 Å². The number of carbonyl (C=O) groups excluding carboxylic acids is 1. The van der Waals surface area contributed by atoms with Crippen molar-refractivity contribution < 1.29 is 13.6 Å². The molecular weight excluding hydrogens is 471 g/mol. The Hall–Kier alpha value is -4.29. The average molecular weight is 497 g/mol. The van der Waals surface area contributed by atoms with Gasteiger partial charge in [-0.05, 0) is 44.9 Å². The SMILES string of the molecule is C[C@H]1CCCN1c1ccc(-c2nnc(NC(=O)[C@H](C)n3cnc4c3c(=O)n(C)c(=O)n4C)o2)cc1F. The van der Waals surface area contributed by atoms with Crippen molar-refractivity contribution in [3.63, 3.8) is 0 Å². The highest BCUT2D eigenvalue weighted by Gasteiger charge is 2.25. The molecule has 3 aromatic heterocycles. The molecule has 1 aromatic carbocycles. The molecule has 188 valence electrons. The Morgan fingerprint density at radius 2 is 2.00 bits per heavy atom. The van der Waals surface area contributed by atoms with Crippen LogP contribution >= 0.6 is 0 Å². The molecule has 36 heavy (non-hydrogen) atoms. The summed E-state index contributed by atoms with van der Waals surface area (Å²) in [6.45, 7) is 4.44. The van der Waals surface area contributed by atoms with Crippen molar-refractivity contribution in [3.8, 4) is 11.5 Å². The van der Waals surface area contributed by atoms with Crippen LogP contribution < -0.4 is 21.5 Å². The zero-order valence-electron chi connectivity index (χ0n) is 20.2. The third-order valence-electron chi connectivity index (χ3n) is 6.68. The minimum atomic E-state index is -0.894. The first-order valence-corrected chi connectivity index (χ1v) is 11.5. The number of imidazole rings is 1. The molecule has 0 aliphatic carbocycles. The summed E-state index contributed by atoms with van der Waals surface area (Å²) in [6.07, 6.45) is 3.36. The molecular formula is C23H25FN8O4. The number of nitrogens with zero attached hydrogens (tertiary/aromatic N) is 7. The molecule has 1 aliphatic rings.